The van der Waals surface area contributed by atoms with Crippen LogP contribution < -0.4 is 15.8 Å². The molecule has 4 unspecified atom stereocenters. The third-order valence-corrected chi connectivity index (χ3v) is 4.75. The molecule has 22 heavy (non-hydrogen) atoms. The Morgan fingerprint density at radius 2 is 2.18 bits per heavy atom. The number of hydrogen-bond acceptors (Lipinski definition) is 3. The number of anilines is 1. The Kier molecular flexibility index (Phi) is 5.48. The summed E-state index contributed by atoms with van der Waals surface area (Å²) < 4.78 is 5.48. The third kappa shape index (κ3) is 3.28. The first-order valence-corrected chi connectivity index (χ1v) is 7.59. The van der Waals surface area contributed by atoms with Gasteiger partial charge in [-0.2, -0.15) is 0 Å². The van der Waals surface area contributed by atoms with Crippen molar-refractivity contribution in [2.24, 2.45) is 23.5 Å². The van der Waals surface area contributed by atoms with E-state index in [2.05, 4.69) is 11.9 Å². The standard InChI is InChI=1S/C17H22N2O2.ClH/c1-2-8-21-14-5-3-4-13(10-14)19-17(20)15-11-6-7-12(9-11)16(15)18;/h2-5,10-12,15-16H,1,6-9,18H2,(H,19,20);1H. The van der Waals surface area contributed by atoms with Crippen molar-refractivity contribution in [3.05, 3.63) is 36.9 Å². The molecule has 4 atom stereocenters. The highest BCUT2D eigenvalue weighted by molar-refractivity contribution is 5.93. The Bertz CT molecular complexity index is 547. The second-order valence-electron chi connectivity index (χ2n) is 6.05. The Morgan fingerprint density at radius 1 is 1.41 bits per heavy atom. The summed E-state index contributed by atoms with van der Waals surface area (Å²) in [6.07, 6.45) is 5.13. The van der Waals surface area contributed by atoms with Gasteiger partial charge in [0.15, 0.2) is 0 Å². The molecule has 4 nitrogen and oxygen atoms in total. The van der Waals surface area contributed by atoms with Gasteiger partial charge in [0.1, 0.15) is 12.4 Å². The molecule has 0 spiro atoms. The number of carbonyl (C=O) groups is 1. The molecule has 0 aliphatic heterocycles. The van der Waals surface area contributed by atoms with Crippen molar-refractivity contribution in [3.63, 3.8) is 0 Å². The normalized spacial score (nSPS) is 28.8. The van der Waals surface area contributed by atoms with E-state index in [0.29, 0.717) is 18.4 Å². The predicted molar refractivity (Wildman–Crippen MR) is 90.3 cm³/mol. The van der Waals surface area contributed by atoms with E-state index in [1.165, 1.54) is 6.42 Å². The molecule has 2 saturated carbocycles. The van der Waals surface area contributed by atoms with Crippen LogP contribution in [-0.4, -0.2) is 18.6 Å². The fourth-order valence-electron chi connectivity index (χ4n) is 3.77. The second-order valence-corrected chi connectivity index (χ2v) is 6.05. The molecule has 2 aliphatic rings. The number of rotatable bonds is 5. The number of halogens is 1. The van der Waals surface area contributed by atoms with Crippen molar-refractivity contribution in [1.82, 2.24) is 0 Å². The van der Waals surface area contributed by atoms with E-state index in [0.717, 1.165) is 24.3 Å². The maximum absolute atomic E-state index is 12.5. The smallest absolute Gasteiger partial charge is 0.229 e. The predicted octanol–water partition coefficient (Wildman–Crippen LogP) is 2.99. The van der Waals surface area contributed by atoms with Crippen molar-refractivity contribution in [1.29, 1.82) is 0 Å². The number of fused-ring (bicyclic) bond motifs is 2. The van der Waals surface area contributed by atoms with E-state index in [-0.39, 0.29) is 30.3 Å². The van der Waals surface area contributed by atoms with Crippen LogP contribution in [0, 0.1) is 17.8 Å². The minimum Gasteiger partial charge on any atom is -0.489 e. The molecular formula is C17H23ClN2O2. The molecule has 1 aromatic carbocycles. The lowest BCUT2D eigenvalue weighted by atomic mass is 9.84. The van der Waals surface area contributed by atoms with Gasteiger partial charge in [-0.15, -0.1) is 12.4 Å². The zero-order chi connectivity index (χ0) is 14.8. The van der Waals surface area contributed by atoms with Gasteiger partial charge in [0, 0.05) is 17.8 Å². The van der Waals surface area contributed by atoms with E-state index >= 15 is 0 Å². The van der Waals surface area contributed by atoms with Crippen molar-refractivity contribution < 1.29 is 9.53 Å². The fraction of sp³-hybridized carbons (Fsp3) is 0.471. The maximum atomic E-state index is 12.5. The lowest BCUT2D eigenvalue weighted by molar-refractivity contribution is -0.121. The van der Waals surface area contributed by atoms with Gasteiger partial charge in [-0.3, -0.25) is 4.79 Å². The monoisotopic (exact) mass is 322 g/mol. The topological polar surface area (TPSA) is 64.3 Å². The van der Waals surface area contributed by atoms with Gasteiger partial charge in [-0.25, -0.2) is 0 Å². The molecule has 0 saturated heterocycles. The van der Waals surface area contributed by atoms with E-state index in [9.17, 15) is 4.79 Å². The molecule has 2 bridgehead atoms. The highest BCUT2D eigenvalue weighted by atomic mass is 35.5. The zero-order valence-corrected chi connectivity index (χ0v) is 13.4. The second kappa shape index (κ2) is 7.16. The van der Waals surface area contributed by atoms with E-state index in [1.54, 1.807) is 6.08 Å². The van der Waals surface area contributed by atoms with Crippen LogP contribution in [0.5, 0.6) is 5.75 Å². The van der Waals surface area contributed by atoms with Crippen LogP contribution in [0.25, 0.3) is 0 Å². The summed E-state index contributed by atoms with van der Waals surface area (Å²) in [5, 5.41) is 2.99. The Labute approximate surface area is 137 Å². The number of amides is 1. The summed E-state index contributed by atoms with van der Waals surface area (Å²) in [6.45, 7) is 4.07. The molecule has 3 N–H and O–H groups in total. The van der Waals surface area contributed by atoms with Gasteiger partial charge in [0.2, 0.25) is 5.91 Å². The van der Waals surface area contributed by atoms with Crippen LogP contribution in [-0.2, 0) is 4.79 Å². The molecule has 1 aromatic rings. The average molecular weight is 323 g/mol. The van der Waals surface area contributed by atoms with Gasteiger partial charge in [0.05, 0.1) is 5.92 Å². The molecule has 0 aromatic heterocycles. The van der Waals surface area contributed by atoms with Crippen molar-refractivity contribution >= 4 is 24.0 Å². The van der Waals surface area contributed by atoms with Crippen molar-refractivity contribution in [2.75, 3.05) is 11.9 Å². The molecular weight excluding hydrogens is 300 g/mol. The van der Waals surface area contributed by atoms with Crippen LogP contribution in [0.1, 0.15) is 19.3 Å². The first kappa shape index (κ1) is 16.8. The number of ether oxygens (including phenoxy) is 1. The Balaban J connectivity index is 0.00000176. The minimum atomic E-state index is -0.0403. The molecule has 2 fully saturated rings. The summed E-state index contributed by atoms with van der Waals surface area (Å²) in [5.74, 6) is 1.74. The fourth-order valence-corrected chi connectivity index (χ4v) is 3.77. The first-order valence-electron chi connectivity index (χ1n) is 7.59. The average Bonchev–Trinajstić information content (AvgIpc) is 3.06. The highest BCUT2D eigenvalue weighted by Gasteiger charge is 2.49. The molecule has 1 amide bonds. The van der Waals surface area contributed by atoms with Crippen LogP contribution in [0.2, 0.25) is 0 Å². The van der Waals surface area contributed by atoms with E-state index < -0.39 is 0 Å². The Hall–Kier alpha value is -1.52. The van der Waals surface area contributed by atoms with Crippen LogP contribution >= 0.6 is 12.4 Å². The minimum absolute atomic E-state index is 0. The van der Waals surface area contributed by atoms with Gasteiger partial charge in [-0.05, 0) is 43.2 Å². The quantitative estimate of drug-likeness (QED) is 0.819. The van der Waals surface area contributed by atoms with Crippen LogP contribution in [0.4, 0.5) is 5.69 Å². The number of benzene rings is 1. The molecule has 0 heterocycles. The number of hydrogen-bond donors (Lipinski definition) is 2. The van der Waals surface area contributed by atoms with Crippen LogP contribution in [0.3, 0.4) is 0 Å². The number of nitrogens with two attached hydrogens (primary N) is 1. The largest absolute Gasteiger partial charge is 0.489 e. The summed E-state index contributed by atoms with van der Waals surface area (Å²) in [4.78, 5) is 12.5. The maximum Gasteiger partial charge on any atom is 0.229 e. The molecule has 2 aliphatic carbocycles. The van der Waals surface area contributed by atoms with Crippen molar-refractivity contribution in [2.45, 2.75) is 25.3 Å². The van der Waals surface area contributed by atoms with Crippen molar-refractivity contribution in [3.8, 4) is 5.75 Å². The SMILES string of the molecule is C=CCOc1cccc(NC(=O)C2C3CCC(C3)C2N)c1.Cl. The molecule has 0 radical (unpaired) electrons. The number of nitrogens with one attached hydrogen (secondary N) is 1. The summed E-state index contributed by atoms with van der Waals surface area (Å²) >= 11 is 0. The van der Waals surface area contributed by atoms with Gasteiger partial charge in [0.25, 0.3) is 0 Å². The lowest BCUT2D eigenvalue weighted by Gasteiger charge is -2.27. The van der Waals surface area contributed by atoms with Crippen LogP contribution in [0.15, 0.2) is 36.9 Å². The third-order valence-electron chi connectivity index (χ3n) is 4.75. The van der Waals surface area contributed by atoms with E-state index in [1.807, 2.05) is 24.3 Å². The lowest BCUT2D eigenvalue weighted by Crippen LogP contribution is -2.42. The Morgan fingerprint density at radius 3 is 2.86 bits per heavy atom. The highest BCUT2D eigenvalue weighted by Crippen LogP contribution is 2.47. The molecule has 120 valence electrons. The summed E-state index contributed by atoms with van der Waals surface area (Å²) in [5.41, 5.74) is 6.98. The van der Waals surface area contributed by atoms with Gasteiger partial charge in [-0.1, -0.05) is 18.7 Å². The molecule has 3 rings (SSSR count). The zero-order valence-electron chi connectivity index (χ0n) is 12.5. The first-order chi connectivity index (χ1) is 10.2. The number of carbonyl (C=O) groups excluding carboxylic acids is 1. The van der Waals surface area contributed by atoms with Gasteiger partial charge >= 0.3 is 0 Å². The summed E-state index contributed by atoms with van der Waals surface area (Å²) in [7, 11) is 0. The summed E-state index contributed by atoms with van der Waals surface area (Å²) in [6, 6.07) is 7.46. The van der Waals surface area contributed by atoms with E-state index in [4.69, 9.17) is 10.5 Å². The molecule has 5 heteroatoms. The van der Waals surface area contributed by atoms with Gasteiger partial charge < -0.3 is 15.8 Å².